The average Bonchev–Trinajstić information content (AvgIpc) is 3.03. The topological polar surface area (TPSA) is 46.6 Å². The summed E-state index contributed by atoms with van der Waals surface area (Å²) >= 11 is 0. The number of carbonyl (C=O) groups is 2. The molecule has 136 valence electrons. The lowest BCUT2D eigenvalue weighted by Gasteiger charge is -2.23. The lowest BCUT2D eigenvalue weighted by Crippen LogP contribution is -2.37. The predicted octanol–water partition coefficient (Wildman–Crippen LogP) is 4.71. The summed E-state index contributed by atoms with van der Waals surface area (Å²) in [6, 6.07) is 17.3. The first kappa shape index (κ1) is 18.2. The van der Waals surface area contributed by atoms with Gasteiger partial charge in [-0.05, 0) is 36.0 Å². The van der Waals surface area contributed by atoms with Gasteiger partial charge in [-0.3, -0.25) is 4.79 Å². The SMILES string of the molecule is CC(C)Cc1ccc([C@H](C)C(=O)N2C(=O)OC[C@@H]2c2ccccc2)cc1. The molecule has 0 bridgehead atoms. The molecule has 0 aliphatic carbocycles. The Morgan fingerprint density at radius 3 is 2.35 bits per heavy atom. The van der Waals surface area contributed by atoms with Gasteiger partial charge < -0.3 is 4.74 Å². The van der Waals surface area contributed by atoms with Crippen molar-refractivity contribution in [2.75, 3.05) is 6.61 Å². The van der Waals surface area contributed by atoms with Gasteiger partial charge in [-0.25, -0.2) is 9.69 Å². The van der Waals surface area contributed by atoms with E-state index in [1.54, 1.807) is 0 Å². The molecule has 4 nitrogen and oxygen atoms in total. The second-order valence-electron chi connectivity index (χ2n) is 7.27. The Balaban J connectivity index is 1.79. The number of benzene rings is 2. The minimum absolute atomic E-state index is 0.203. The van der Waals surface area contributed by atoms with Gasteiger partial charge in [0.25, 0.3) is 0 Å². The van der Waals surface area contributed by atoms with Crippen molar-refractivity contribution in [2.45, 2.75) is 39.2 Å². The summed E-state index contributed by atoms with van der Waals surface area (Å²) in [5, 5.41) is 0. The number of hydrogen-bond acceptors (Lipinski definition) is 3. The molecule has 2 amide bonds. The molecule has 0 aromatic heterocycles. The third kappa shape index (κ3) is 3.79. The fraction of sp³-hybridized carbons (Fsp3) is 0.364. The quantitative estimate of drug-likeness (QED) is 0.784. The highest BCUT2D eigenvalue weighted by Gasteiger charge is 2.40. The monoisotopic (exact) mass is 351 g/mol. The molecule has 3 rings (SSSR count). The first-order chi connectivity index (χ1) is 12.5. The maximum absolute atomic E-state index is 13.0. The van der Waals surface area contributed by atoms with Crippen LogP contribution in [0.25, 0.3) is 0 Å². The van der Waals surface area contributed by atoms with Gasteiger partial charge in [0.05, 0.1) is 5.92 Å². The molecule has 26 heavy (non-hydrogen) atoms. The molecule has 0 spiro atoms. The van der Waals surface area contributed by atoms with Crippen LogP contribution >= 0.6 is 0 Å². The van der Waals surface area contributed by atoms with E-state index in [4.69, 9.17) is 4.74 Å². The minimum Gasteiger partial charge on any atom is -0.446 e. The fourth-order valence-electron chi connectivity index (χ4n) is 3.35. The number of ether oxygens (including phenoxy) is 1. The van der Waals surface area contributed by atoms with Gasteiger partial charge in [0, 0.05) is 0 Å². The van der Waals surface area contributed by atoms with Gasteiger partial charge in [-0.15, -0.1) is 0 Å². The van der Waals surface area contributed by atoms with Crippen LogP contribution in [-0.2, 0) is 16.0 Å². The number of carbonyl (C=O) groups excluding carboxylic acids is 2. The van der Waals surface area contributed by atoms with Gasteiger partial charge in [-0.1, -0.05) is 68.4 Å². The molecule has 2 aromatic rings. The first-order valence-corrected chi connectivity index (χ1v) is 9.11. The number of hydrogen-bond donors (Lipinski definition) is 0. The molecule has 2 atom stereocenters. The van der Waals surface area contributed by atoms with E-state index in [-0.39, 0.29) is 18.6 Å². The molecular weight excluding hydrogens is 326 g/mol. The second-order valence-corrected chi connectivity index (χ2v) is 7.27. The Morgan fingerprint density at radius 2 is 1.73 bits per heavy atom. The summed E-state index contributed by atoms with van der Waals surface area (Å²) in [5.74, 6) is -0.0381. The van der Waals surface area contributed by atoms with Crippen LogP contribution in [-0.4, -0.2) is 23.5 Å². The highest BCUT2D eigenvalue weighted by atomic mass is 16.6. The van der Waals surface area contributed by atoms with Gasteiger partial charge in [0.15, 0.2) is 0 Å². The molecule has 2 aromatic carbocycles. The normalized spacial score (nSPS) is 18.1. The van der Waals surface area contributed by atoms with E-state index in [1.165, 1.54) is 10.5 Å². The van der Waals surface area contributed by atoms with Crippen molar-refractivity contribution in [2.24, 2.45) is 5.92 Å². The maximum atomic E-state index is 13.0. The van der Waals surface area contributed by atoms with Crippen molar-refractivity contribution >= 4 is 12.0 Å². The van der Waals surface area contributed by atoms with E-state index in [1.807, 2.05) is 49.4 Å². The number of imide groups is 1. The first-order valence-electron chi connectivity index (χ1n) is 9.11. The molecule has 1 heterocycles. The zero-order chi connectivity index (χ0) is 18.7. The van der Waals surface area contributed by atoms with Crippen molar-refractivity contribution in [1.29, 1.82) is 0 Å². The number of cyclic esters (lactones) is 1. The highest BCUT2D eigenvalue weighted by Crippen LogP contribution is 2.31. The summed E-state index contributed by atoms with van der Waals surface area (Å²) in [5.41, 5.74) is 3.08. The fourth-order valence-corrected chi connectivity index (χ4v) is 3.35. The van der Waals surface area contributed by atoms with E-state index in [9.17, 15) is 9.59 Å². The summed E-state index contributed by atoms with van der Waals surface area (Å²) in [6.07, 6.45) is 0.448. The smallest absolute Gasteiger partial charge is 0.417 e. The zero-order valence-corrected chi connectivity index (χ0v) is 15.5. The molecule has 0 unspecified atom stereocenters. The van der Waals surface area contributed by atoms with Crippen LogP contribution in [0.5, 0.6) is 0 Å². The second kappa shape index (κ2) is 7.73. The van der Waals surface area contributed by atoms with Gasteiger partial charge >= 0.3 is 6.09 Å². The van der Waals surface area contributed by atoms with E-state index < -0.39 is 12.0 Å². The van der Waals surface area contributed by atoms with Crippen molar-refractivity contribution in [3.8, 4) is 0 Å². The van der Waals surface area contributed by atoms with E-state index >= 15 is 0 Å². The van der Waals surface area contributed by atoms with Crippen molar-refractivity contribution in [3.63, 3.8) is 0 Å². The third-order valence-electron chi connectivity index (χ3n) is 4.79. The van der Waals surface area contributed by atoms with E-state index in [2.05, 4.69) is 26.0 Å². The molecule has 0 saturated carbocycles. The van der Waals surface area contributed by atoms with Gasteiger partial charge in [-0.2, -0.15) is 0 Å². The van der Waals surface area contributed by atoms with E-state index in [0.29, 0.717) is 5.92 Å². The molecule has 1 aliphatic heterocycles. The molecule has 0 N–H and O–H groups in total. The maximum Gasteiger partial charge on any atom is 0.417 e. The van der Waals surface area contributed by atoms with Crippen LogP contribution in [0.3, 0.4) is 0 Å². The third-order valence-corrected chi connectivity index (χ3v) is 4.79. The van der Waals surface area contributed by atoms with Crippen LogP contribution in [0.2, 0.25) is 0 Å². The molecule has 0 radical (unpaired) electrons. The van der Waals surface area contributed by atoms with Crippen molar-refractivity contribution in [1.82, 2.24) is 4.90 Å². The largest absolute Gasteiger partial charge is 0.446 e. The zero-order valence-electron chi connectivity index (χ0n) is 15.5. The predicted molar refractivity (Wildman–Crippen MR) is 101 cm³/mol. The molecule has 4 heteroatoms. The van der Waals surface area contributed by atoms with Crippen LogP contribution < -0.4 is 0 Å². The lowest BCUT2D eigenvalue weighted by molar-refractivity contribution is -0.130. The Kier molecular flexibility index (Phi) is 5.40. The number of amides is 2. The summed E-state index contributed by atoms with van der Waals surface area (Å²) < 4.78 is 5.17. The molecule has 1 fully saturated rings. The lowest BCUT2D eigenvalue weighted by atomic mass is 9.95. The van der Waals surface area contributed by atoms with Crippen molar-refractivity contribution in [3.05, 3.63) is 71.3 Å². The Morgan fingerprint density at radius 1 is 1.08 bits per heavy atom. The minimum atomic E-state index is -0.563. The Hall–Kier alpha value is -2.62. The molecular formula is C22H25NO3. The molecule has 1 aliphatic rings. The summed E-state index contributed by atoms with van der Waals surface area (Å²) in [7, 11) is 0. The van der Waals surface area contributed by atoms with Gasteiger partial charge in [0.2, 0.25) is 5.91 Å². The Bertz CT molecular complexity index is 768. The highest BCUT2D eigenvalue weighted by molar-refractivity contribution is 5.97. The summed E-state index contributed by atoms with van der Waals surface area (Å²) in [4.78, 5) is 26.5. The average molecular weight is 351 g/mol. The molecule has 1 saturated heterocycles. The summed E-state index contributed by atoms with van der Waals surface area (Å²) in [6.45, 7) is 6.41. The van der Waals surface area contributed by atoms with Crippen LogP contribution in [0, 0.1) is 5.92 Å². The van der Waals surface area contributed by atoms with E-state index in [0.717, 1.165) is 17.5 Å². The van der Waals surface area contributed by atoms with Crippen LogP contribution in [0.15, 0.2) is 54.6 Å². The number of rotatable bonds is 5. The standard InChI is InChI=1S/C22H25NO3/c1-15(2)13-17-9-11-18(12-10-17)16(3)21(24)23-20(14-26-22(23)25)19-7-5-4-6-8-19/h4-12,15-16,20H,13-14H2,1-3H3/t16-,20+/m0/s1. The van der Waals surface area contributed by atoms with Crippen molar-refractivity contribution < 1.29 is 14.3 Å². The van der Waals surface area contributed by atoms with Gasteiger partial charge in [0.1, 0.15) is 12.6 Å². The number of nitrogens with zero attached hydrogens (tertiary/aromatic N) is 1. The Labute approximate surface area is 154 Å². The van der Waals surface area contributed by atoms with Crippen LogP contribution in [0.4, 0.5) is 4.79 Å². The van der Waals surface area contributed by atoms with Crippen LogP contribution in [0.1, 0.15) is 49.4 Å².